The smallest absolute Gasteiger partial charge is 0.165 e. The minimum absolute atomic E-state index is 0.0772. The summed E-state index contributed by atoms with van der Waals surface area (Å²) in [4.78, 5) is 0. The minimum atomic E-state index is -0.576. The van der Waals surface area contributed by atoms with E-state index in [4.69, 9.17) is 15.9 Å². The summed E-state index contributed by atoms with van der Waals surface area (Å²) in [5, 5.41) is 16.5. The van der Waals surface area contributed by atoms with Crippen LogP contribution in [-0.2, 0) is 6.61 Å². The van der Waals surface area contributed by atoms with Crippen molar-refractivity contribution in [1.82, 2.24) is 0 Å². The Morgan fingerprint density at radius 2 is 2.05 bits per heavy atom. The summed E-state index contributed by atoms with van der Waals surface area (Å²) < 4.78 is 19.0. The van der Waals surface area contributed by atoms with Crippen LogP contribution in [0.2, 0.25) is 0 Å². The first-order valence-electron chi connectivity index (χ1n) is 5.61. The van der Waals surface area contributed by atoms with Gasteiger partial charge in [-0.3, -0.25) is 5.41 Å². The van der Waals surface area contributed by atoms with Gasteiger partial charge in [-0.1, -0.05) is 12.1 Å². The van der Waals surface area contributed by atoms with Crippen molar-refractivity contribution < 1.29 is 14.2 Å². The molecule has 0 aromatic heterocycles. The van der Waals surface area contributed by atoms with Gasteiger partial charge in [-0.15, -0.1) is 0 Å². The Morgan fingerprint density at radius 1 is 1.26 bits per heavy atom. The van der Waals surface area contributed by atoms with E-state index in [9.17, 15) is 9.50 Å². The van der Waals surface area contributed by atoms with Crippen molar-refractivity contribution in [3.63, 3.8) is 0 Å². The fourth-order valence-corrected chi connectivity index (χ4v) is 1.59. The third kappa shape index (κ3) is 3.22. The van der Waals surface area contributed by atoms with Gasteiger partial charge in [0.15, 0.2) is 11.6 Å². The van der Waals surface area contributed by atoms with Crippen LogP contribution >= 0.6 is 0 Å². The SMILES string of the molecule is N=C(N)c1ccc(OCc2cccc(O)c2)c(F)c1. The van der Waals surface area contributed by atoms with Gasteiger partial charge in [0, 0.05) is 5.56 Å². The number of nitrogens with two attached hydrogens (primary N) is 1. The third-order valence-corrected chi connectivity index (χ3v) is 2.55. The van der Waals surface area contributed by atoms with Crippen LogP contribution in [-0.4, -0.2) is 10.9 Å². The number of nitrogens with one attached hydrogen (secondary N) is 1. The van der Waals surface area contributed by atoms with Gasteiger partial charge in [-0.05, 0) is 35.9 Å². The summed E-state index contributed by atoms with van der Waals surface area (Å²) in [6, 6.07) is 10.6. The van der Waals surface area contributed by atoms with Crippen molar-refractivity contribution in [1.29, 1.82) is 5.41 Å². The molecular weight excluding hydrogens is 247 g/mol. The van der Waals surface area contributed by atoms with E-state index in [0.29, 0.717) is 5.56 Å². The number of hydrogen-bond donors (Lipinski definition) is 3. The normalized spacial score (nSPS) is 10.2. The van der Waals surface area contributed by atoms with Gasteiger partial charge in [-0.25, -0.2) is 4.39 Å². The molecule has 2 rings (SSSR count). The predicted molar refractivity (Wildman–Crippen MR) is 69.9 cm³/mol. The lowest BCUT2D eigenvalue weighted by Crippen LogP contribution is -2.11. The number of phenols is 1. The molecule has 0 spiro atoms. The first kappa shape index (κ1) is 12.9. The average molecular weight is 260 g/mol. The summed E-state index contributed by atoms with van der Waals surface area (Å²) in [7, 11) is 0. The molecular formula is C14H13FN2O2. The Bertz CT molecular complexity index is 614. The van der Waals surface area contributed by atoms with Crippen molar-refractivity contribution in [2.75, 3.05) is 0 Å². The third-order valence-electron chi connectivity index (χ3n) is 2.55. The predicted octanol–water partition coefficient (Wildman–Crippen LogP) is 2.39. The van der Waals surface area contributed by atoms with Gasteiger partial charge in [0.1, 0.15) is 18.2 Å². The van der Waals surface area contributed by atoms with E-state index in [1.807, 2.05) is 0 Å². The van der Waals surface area contributed by atoms with E-state index >= 15 is 0 Å². The average Bonchev–Trinajstić information content (AvgIpc) is 2.37. The van der Waals surface area contributed by atoms with Crippen molar-refractivity contribution in [2.45, 2.75) is 6.61 Å². The van der Waals surface area contributed by atoms with Gasteiger partial charge in [-0.2, -0.15) is 0 Å². The van der Waals surface area contributed by atoms with Crippen LogP contribution in [0, 0.1) is 11.2 Å². The molecule has 0 aliphatic rings. The van der Waals surface area contributed by atoms with Crippen LogP contribution in [0.15, 0.2) is 42.5 Å². The van der Waals surface area contributed by atoms with Crippen LogP contribution in [0.25, 0.3) is 0 Å². The molecule has 0 heterocycles. The zero-order chi connectivity index (χ0) is 13.8. The van der Waals surface area contributed by atoms with Crippen LogP contribution in [0.5, 0.6) is 11.5 Å². The molecule has 0 amide bonds. The largest absolute Gasteiger partial charge is 0.508 e. The van der Waals surface area contributed by atoms with E-state index < -0.39 is 5.82 Å². The summed E-state index contributed by atoms with van der Waals surface area (Å²) in [5.41, 5.74) is 6.30. The molecule has 0 bridgehead atoms. The second-order valence-corrected chi connectivity index (χ2v) is 4.02. The lowest BCUT2D eigenvalue weighted by atomic mass is 10.2. The molecule has 0 unspecified atom stereocenters. The quantitative estimate of drug-likeness (QED) is 0.583. The molecule has 4 nitrogen and oxygen atoms in total. The van der Waals surface area contributed by atoms with Crippen LogP contribution in [0.4, 0.5) is 4.39 Å². The zero-order valence-electron chi connectivity index (χ0n) is 10.1. The second-order valence-electron chi connectivity index (χ2n) is 4.02. The number of halogens is 1. The molecule has 0 atom stereocenters. The van der Waals surface area contributed by atoms with Gasteiger partial charge in [0.2, 0.25) is 0 Å². The Labute approximate surface area is 109 Å². The highest BCUT2D eigenvalue weighted by Gasteiger charge is 2.06. The molecule has 0 aliphatic carbocycles. The lowest BCUT2D eigenvalue weighted by molar-refractivity contribution is 0.289. The first-order chi connectivity index (χ1) is 9.06. The Hall–Kier alpha value is -2.56. The van der Waals surface area contributed by atoms with Gasteiger partial charge in [0.25, 0.3) is 0 Å². The highest BCUT2D eigenvalue weighted by Crippen LogP contribution is 2.20. The monoisotopic (exact) mass is 260 g/mol. The summed E-state index contributed by atoms with van der Waals surface area (Å²) >= 11 is 0. The highest BCUT2D eigenvalue weighted by atomic mass is 19.1. The molecule has 98 valence electrons. The number of phenolic OH excluding ortho intramolecular Hbond substituents is 1. The van der Waals surface area contributed by atoms with Gasteiger partial charge >= 0.3 is 0 Å². The number of benzene rings is 2. The zero-order valence-corrected chi connectivity index (χ0v) is 10.1. The fraction of sp³-hybridized carbons (Fsp3) is 0.0714. The van der Waals surface area contributed by atoms with Gasteiger partial charge < -0.3 is 15.6 Å². The number of aromatic hydroxyl groups is 1. The topological polar surface area (TPSA) is 79.3 Å². The van der Waals surface area contributed by atoms with Crippen LogP contribution < -0.4 is 10.5 Å². The Balaban J connectivity index is 2.10. The first-order valence-corrected chi connectivity index (χ1v) is 5.61. The maximum atomic E-state index is 13.7. The molecule has 0 aliphatic heterocycles. The highest BCUT2D eigenvalue weighted by molar-refractivity contribution is 5.95. The molecule has 19 heavy (non-hydrogen) atoms. The van der Waals surface area contributed by atoms with Crippen molar-refractivity contribution in [3.05, 3.63) is 59.4 Å². The molecule has 2 aromatic carbocycles. The summed E-state index contributed by atoms with van der Waals surface area (Å²) in [6.07, 6.45) is 0. The second kappa shape index (κ2) is 5.39. The summed E-state index contributed by atoms with van der Waals surface area (Å²) in [5.74, 6) is -0.562. The van der Waals surface area contributed by atoms with E-state index in [1.54, 1.807) is 24.3 Å². The maximum Gasteiger partial charge on any atom is 0.165 e. The molecule has 5 heteroatoms. The van der Waals surface area contributed by atoms with Crippen LogP contribution in [0.1, 0.15) is 11.1 Å². The Kier molecular flexibility index (Phi) is 3.66. The number of amidine groups is 1. The standard InChI is InChI=1S/C14H13FN2O2/c15-12-7-10(14(16)17)4-5-13(12)19-8-9-2-1-3-11(18)6-9/h1-7,18H,8H2,(H3,16,17). The number of ether oxygens (including phenoxy) is 1. The van der Waals surface area contributed by atoms with Crippen molar-refractivity contribution in [3.8, 4) is 11.5 Å². The molecule has 0 fully saturated rings. The molecule has 0 radical (unpaired) electrons. The van der Waals surface area contributed by atoms with E-state index in [-0.39, 0.29) is 23.9 Å². The fourth-order valence-electron chi connectivity index (χ4n) is 1.59. The molecule has 2 aromatic rings. The van der Waals surface area contributed by atoms with E-state index in [1.165, 1.54) is 12.1 Å². The Morgan fingerprint density at radius 3 is 2.68 bits per heavy atom. The van der Waals surface area contributed by atoms with E-state index in [2.05, 4.69) is 0 Å². The summed E-state index contributed by atoms with van der Waals surface area (Å²) in [6.45, 7) is 0.144. The molecule has 0 saturated heterocycles. The molecule has 0 saturated carbocycles. The number of hydrogen-bond acceptors (Lipinski definition) is 3. The van der Waals surface area contributed by atoms with Crippen molar-refractivity contribution in [2.24, 2.45) is 5.73 Å². The van der Waals surface area contributed by atoms with Crippen LogP contribution in [0.3, 0.4) is 0 Å². The molecule has 4 N–H and O–H groups in total. The lowest BCUT2D eigenvalue weighted by Gasteiger charge is -2.08. The van der Waals surface area contributed by atoms with E-state index in [0.717, 1.165) is 11.6 Å². The number of rotatable bonds is 4. The minimum Gasteiger partial charge on any atom is -0.508 e. The van der Waals surface area contributed by atoms with Crippen molar-refractivity contribution >= 4 is 5.84 Å². The number of nitrogen functional groups attached to an aromatic ring is 1. The van der Waals surface area contributed by atoms with Gasteiger partial charge in [0.05, 0.1) is 0 Å². The maximum absolute atomic E-state index is 13.7.